The summed E-state index contributed by atoms with van der Waals surface area (Å²) < 4.78 is 0. The number of halogens is 3. The van der Waals surface area contributed by atoms with Gasteiger partial charge in [0, 0.05) is 26.2 Å². The van der Waals surface area contributed by atoms with Gasteiger partial charge in [-0.15, -0.1) is 11.8 Å². The summed E-state index contributed by atoms with van der Waals surface area (Å²) in [5.74, 6) is -1.03. The minimum atomic E-state index is -0.524. The Kier molecular flexibility index (Phi) is 10.3. The van der Waals surface area contributed by atoms with E-state index in [-0.39, 0.29) is 17.4 Å². The number of carbonyl (C=O) groups excluding carboxylic acids is 3. The molecule has 0 saturated carbocycles. The van der Waals surface area contributed by atoms with Crippen LogP contribution in [0.15, 0.2) is 108 Å². The minimum absolute atomic E-state index is 0.0259. The van der Waals surface area contributed by atoms with Crippen LogP contribution >= 0.6 is 46.6 Å². The van der Waals surface area contributed by atoms with E-state index in [1.54, 1.807) is 97.1 Å². The number of anilines is 2. The summed E-state index contributed by atoms with van der Waals surface area (Å²) in [6.07, 6.45) is 1.52. The van der Waals surface area contributed by atoms with E-state index >= 15 is 0 Å². The molecule has 40 heavy (non-hydrogen) atoms. The second-order valence-corrected chi connectivity index (χ2v) is 10.6. The Balaban J connectivity index is 1.41. The van der Waals surface area contributed by atoms with Gasteiger partial charge in [0.15, 0.2) is 0 Å². The zero-order valence-electron chi connectivity index (χ0n) is 20.8. The largest absolute Gasteiger partial charge is 0.324 e. The first-order valence-corrected chi connectivity index (χ1v) is 14.0. The van der Waals surface area contributed by atoms with E-state index in [4.69, 9.17) is 34.8 Å². The van der Waals surface area contributed by atoms with Crippen molar-refractivity contribution < 1.29 is 14.4 Å². The Morgan fingerprint density at radius 1 is 0.750 bits per heavy atom. The molecule has 0 saturated heterocycles. The van der Waals surface area contributed by atoms with Crippen LogP contribution in [0.25, 0.3) is 6.08 Å². The van der Waals surface area contributed by atoms with E-state index in [9.17, 15) is 14.4 Å². The maximum atomic E-state index is 13.2. The van der Waals surface area contributed by atoms with Gasteiger partial charge >= 0.3 is 0 Å². The second kappa shape index (κ2) is 14.1. The predicted molar refractivity (Wildman–Crippen MR) is 164 cm³/mol. The number of hydrogen-bond acceptors (Lipinski definition) is 4. The predicted octanol–water partition coefficient (Wildman–Crippen LogP) is 7.79. The van der Waals surface area contributed by atoms with Crippen molar-refractivity contribution in [2.24, 2.45) is 0 Å². The van der Waals surface area contributed by atoms with E-state index in [1.165, 1.54) is 17.8 Å². The first-order chi connectivity index (χ1) is 19.3. The Bertz CT molecular complexity index is 1560. The van der Waals surface area contributed by atoms with Crippen molar-refractivity contribution in [2.45, 2.75) is 4.90 Å². The van der Waals surface area contributed by atoms with Crippen LogP contribution in [0.4, 0.5) is 11.4 Å². The number of hydrogen-bond donors (Lipinski definition) is 3. The molecule has 202 valence electrons. The van der Waals surface area contributed by atoms with Crippen molar-refractivity contribution in [2.75, 3.05) is 16.4 Å². The van der Waals surface area contributed by atoms with Crippen LogP contribution in [-0.2, 0) is 9.59 Å². The minimum Gasteiger partial charge on any atom is -0.324 e. The molecule has 0 aliphatic heterocycles. The summed E-state index contributed by atoms with van der Waals surface area (Å²) in [5, 5.41) is 9.50. The van der Waals surface area contributed by atoms with Gasteiger partial charge in [-0.25, -0.2) is 0 Å². The normalized spacial score (nSPS) is 11.0. The van der Waals surface area contributed by atoms with E-state index in [0.717, 1.165) is 4.90 Å². The third-order valence-corrected chi connectivity index (χ3v) is 7.33. The van der Waals surface area contributed by atoms with E-state index < -0.39 is 11.8 Å². The van der Waals surface area contributed by atoms with Crippen LogP contribution < -0.4 is 16.0 Å². The van der Waals surface area contributed by atoms with Crippen molar-refractivity contribution in [1.82, 2.24) is 5.32 Å². The fraction of sp³-hybridized carbons (Fsp3) is 0.0333. The Labute approximate surface area is 250 Å². The van der Waals surface area contributed by atoms with E-state index in [2.05, 4.69) is 16.0 Å². The monoisotopic (exact) mass is 609 g/mol. The Hall–Kier alpha value is -3.75. The van der Waals surface area contributed by atoms with Crippen molar-refractivity contribution in [3.05, 3.63) is 129 Å². The van der Waals surface area contributed by atoms with Gasteiger partial charge in [-0.1, -0.05) is 71.2 Å². The van der Waals surface area contributed by atoms with Gasteiger partial charge in [-0.3, -0.25) is 14.4 Å². The zero-order valence-corrected chi connectivity index (χ0v) is 23.9. The first-order valence-electron chi connectivity index (χ1n) is 11.9. The van der Waals surface area contributed by atoms with E-state index in [1.807, 2.05) is 0 Å². The van der Waals surface area contributed by atoms with Gasteiger partial charge in [-0.05, 0) is 72.3 Å². The molecule has 0 fully saturated rings. The summed E-state index contributed by atoms with van der Waals surface area (Å²) in [6.45, 7) is 0. The molecule has 0 radical (unpaired) electrons. The van der Waals surface area contributed by atoms with Crippen LogP contribution in [0, 0.1) is 0 Å². The fourth-order valence-electron chi connectivity index (χ4n) is 3.45. The molecule has 4 aromatic rings. The number of benzene rings is 4. The molecule has 10 heteroatoms. The summed E-state index contributed by atoms with van der Waals surface area (Å²) in [4.78, 5) is 39.2. The maximum Gasteiger partial charge on any atom is 0.272 e. The molecule has 0 heterocycles. The third-order valence-electron chi connectivity index (χ3n) is 5.42. The summed E-state index contributed by atoms with van der Waals surface area (Å²) in [7, 11) is 0. The second-order valence-electron chi connectivity index (χ2n) is 8.34. The van der Waals surface area contributed by atoms with Gasteiger partial charge in [0.1, 0.15) is 5.70 Å². The number of rotatable bonds is 9. The Morgan fingerprint density at radius 2 is 1.45 bits per heavy atom. The molecule has 0 bridgehead atoms. The first kappa shape index (κ1) is 29.2. The van der Waals surface area contributed by atoms with Crippen molar-refractivity contribution in [3.63, 3.8) is 0 Å². The molecule has 0 atom stereocenters. The SMILES string of the molecule is O=C(CSc1ccc(NC(=O)/C(=C/c2ccccc2Cl)NC(=O)c2ccccc2)cc1)Nc1ccc(Cl)cc1Cl. The number of nitrogens with one attached hydrogen (secondary N) is 3. The molecular formula is C30H22Cl3N3O3S. The lowest BCUT2D eigenvalue weighted by Gasteiger charge is -2.12. The molecule has 0 spiro atoms. The quantitative estimate of drug-likeness (QED) is 0.133. The highest BCUT2D eigenvalue weighted by Crippen LogP contribution is 2.26. The lowest BCUT2D eigenvalue weighted by Crippen LogP contribution is -2.30. The van der Waals surface area contributed by atoms with Crippen LogP contribution in [0.2, 0.25) is 15.1 Å². The number of amides is 3. The standard InChI is InChI=1S/C30H22Cl3N3O3S/c31-21-10-15-26(25(33)17-21)35-28(37)18-40-23-13-11-22(12-14-23)34-30(39)27(16-20-8-4-5-9-24(20)32)36-29(38)19-6-2-1-3-7-19/h1-17H,18H2,(H,34,39)(H,35,37)(H,36,38)/b27-16-. The molecule has 3 amide bonds. The molecule has 3 N–H and O–H groups in total. The lowest BCUT2D eigenvalue weighted by atomic mass is 10.1. The highest BCUT2D eigenvalue weighted by atomic mass is 35.5. The van der Waals surface area contributed by atoms with Gasteiger partial charge in [0.05, 0.1) is 16.5 Å². The molecule has 0 aliphatic carbocycles. The Morgan fingerprint density at radius 3 is 2.15 bits per heavy atom. The topological polar surface area (TPSA) is 87.3 Å². The number of carbonyl (C=O) groups is 3. The highest BCUT2D eigenvalue weighted by Gasteiger charge is 2.16. The lowest BCUT2D eigenvalue weighted by molar-refractivity contribution is -0.114. The average molecular weight is 611 g/mol. The molecule has 6 nitrogen and oxygen atoms in total. The van der Waals surface area contributed by atoms with Crippen molar-refractivity contribution >= 4 is 81.7 Å². The fourth-order valence-corrected chi connectivity index (χ4v) is 4.79. The molecule has 0 aliphatic rings. The molecular weight excluding hydrogens is 589 g/mol. The van der Waals surface area contributed by atoms with E-state index in [0.29, 0.717) is 37.6 Å². The molecule has 0 aromatic heterocycles. The maximum absolute atomic E-state index is 13.2. The van der Waals surface area contributed by atoms with Crippen molar-refractivity contribution in [3.8, 4) is 0 Å². The van der Waals surface area contributed by atoms with Crippen molar-refractivity contribution in [1.29, 1.82) is 0 Å². The third kappa shape index (κ3) is 8.37. The van der Waals surface area contributed by atoms with Gasteiger partial charge in [0.2, 0.25) is 5.91 Å². The van der Waals surface area contributed by atoms with Crippen LogP contribution in [0.5, 0.6) is 0 Å². The number of thioether (sulfide) groups is 1. The van der Waals surface area contributed by atoms with Crippen LogP contribution in [0.3, 0.4) is 0 Å². The highest BCUT2D eigenvalue weighted by molar-refractivity contribution is 8.00. The summed E-state index contributed by atoms with van der Waals surface area (Å²) in [6, 6.07) is 27.4. The average Bonchev–Trinajstić information content (AvgIpc) is 2.95. The molecule has 4 aromatic carbocycles. The zero-order chi connectivity index (χ0) is 28.5. The van der Waals surface area contributed by atoms with Gasteiger partial charge < -0.3 is 16.0 Å². The summed E-state index contributed by atoms with van der Waals surface area (Å²) >= 11 is 19.6. The smallest absolute Gasteiger partial charge is 0.272 e. The molecule has 0 unspecified atom stereocenters. The molecule has 4 rings (SSSR count). The van der Waals surface area contributed by atoms with Crippen LogP contribution in [-0.4, -0.2) is 23.5 Å². The summed E-state index contributed by atoms with van der Waals surface area (Å²) in [5.41, 5.74) is 2.00. The van der Waals surface area contributed by atoms with Gasteiger partial charge in [-0.2, -0.15) is 0 Å². The van der Waals surface area contributed by atoms with Crippen LogP contribution in [0.1, 0.15) is 15.9 Å². The van der Waals surface area contributed by atoms with Gasteiger partial charge in [0.25, 0.3) is 11.8 Å².